The highest BCUT2D eigenvalue weighted by atomic mass is 127. The molecule has 0 saturated carbocycles. The van der Waals surface area contributed by atoms with Gasteiger partial charge in [0.05, 0.1) is 0 Å². The maximum atomic E-state index is 11.5. The molecule has 0 amide bonds. The molecule has 0 N–H and O–H groups in total. The zero-order chi connectivity index (χ0) is 10.4. The van der Waals surface area contributed by atoms with E-state index in [4.69, 9.17) is 4.74 Å². The van der Waals surface area contributed by atoms with Crippen LogP contribution in [0, 0.1) is 0 Å². The van der Waals surface area contributed by atoms with Crippen molar-refractivity contribution in [2.75, 3.05) is 4.43 Å². The van der Waals surface area contributed by atoms with Gasteiger partial charge in [0.15, 0.2) is 0 Å². The van der Waals surface area contributed by atoms with Crippen molar-refractivity contribution in [3.8, 4) is 5.75 Å². The number of hydrogen-bond donors (Lipinski definition) is 0. The molecule has 1 rings (SSSR count). The van der Waals surface area contributed by atoms with Gasteiger partial charge >= 0.3 is 5.97 Å². The van der Waals surface area contributed by atoms with E-state index in [1.54, 1.807) is 12.1 Å². The third-order valence-corrected chi connectivity index (χ3v) is 3.33. The van der Waals surface area contributed by atoms with Gasteiger partial charge in [-0.3, -0.25) is 4.79 Å². The van der Waals surface area contributed by atoms with Crippen LogP contribution in [0.25, 0.3) is 0 Å². The van der Waals surface area contributed by atoms with Crippen molar-refractivity contribution in [1.29, 1.82) is 0 Å². The Bertz CT molecular complexity index is 287. The van der Waals surface area contributed by atoms with Crippen LogP contribution in [0.2, 0.25) is 0 Å². The molecular formula is C10H10I2O2. The standard InChI is InChI=1S/C10H10I2O2/c11-7-6-9(12)10(13)14-8-4-2-1-3-5-8/h1-5,9H,6-7H2. The molecule has 0 fully saturated rings. The van der Waals surface area contributed by atoms with Crippen molar-refractivity contribution in [3.05, 3.63) is 30.3 Å². The van der Waals surface area contributed by atoms with Crippen LogP contribution in [0.5, 0.6) is 5.75 Å². The quantitative estimate of drug-likeness (QED) is 0.326. The van der Waals surface area contributed by atoms with Gasteiger partial charge in [-0.1, -0.05) is 63.4 Å². The normalized spacial score (nSPS) is 12.1. The number of para-hydroxylation sites is 1. The topological polar surface area (TPSA) is 26.3 Å². The highest BCUT2D eigenvalue weighted by molar-refractivity contribution is 14.1. The average molecular weight is 416 g/mol. The number of hydrogen-bond acceptors (Lipinski definition) is 2. The molecule has 1 atom stereocenters. The van der Waals surface area contributed by atoms with Crippen LogP contribution >= 0.6 is 45.2 Å². The molecule has 0 aromatic heterocycles. The van der Waals surface area contributed by atoms with E-state index in [9.17, 15) is 4.79 Å². The summed E-state index contributed by atoms with van der Waals surface area (Å²) in [6, 6.07) is 9.16. The molecule has 1 unspecified atom stereocenters. The molecule has 0 spiro atoms. The van der Waals surface area contributed by atoms with E-state index in [0.717, 1.165) is 10.8 Å². The molecule has 0 saturated heterocycles. The minimum absolute atomic E-state index is 0.0512. The number of ether oxygens (including phenoxy) is 1. The number of rotatable bonds is 4. The lowest BCUT2D eigenvalue weighted by atomic mass is 10.3. The highest BCUT2D eigenvalue weighted by Crippen LogP contribution is 2.14. The van der Waals surface area contributed by atoms with Gasteiger partial charge < -0.3 is 4.74 Å². The number of esters is 1. The zero-order valence-corrected chi connectivity index (χ0v) is 11.8. The summed E-state index contributed by atoms with van der Waals surface area (Å²) in [5.41, 5.74) is 0. The molecule has 0 aliphatic carbocycles. The average Bonchev–Trinajstić information content (AvgIpc) is 2.19. The molecule has 0 radical (unpaired) electrons. The third-order valence-electron chi connectivity index (χ3n) is 1.58. The van der Waals surface area contributed by atoms with E-state index in [-0.39, 0.29) is 9.89 Å². The molecule has 1 aromatic carbocycles. The SMILES string of the molecule is O=C(Oc1ccccc1)C(I)CCI. The monoisotopic (exact) mass is 416 g/mol. The summed E-state index contributed by atoms with van der Waals surface area (Å²) in [7, 11) is 0. The minimum atomic E-state index is -0.159. The lowest BCUT2D eigenvalue weighted by Crippen LogP contribution is -2.20. The maximum absolute atomic E-state index is 11.5. The van der Waals surface area contributed by atoms with Gasteiger partial charge in [-0.25, -0.2) is 0 Å². The van der Waals surface area contributed by atoms with E-state index in [2.05, 4.69) is 45.2 Å². The fraction of sp³-hybridized carbons (Fsp3) is 0.300. The van der Waals surface area contributed by atoms with Crippen LogP contribution in [0.3, 0.4) is 0 Å². The van der Waals surface area contributed by atoms with Crippen molar-refractivity contribution < 1.29 is 9.53 Å². The first-order valence-corrected chi connectivity index (χ1v) is 6.98. The van der Waals surface area contributed by atoms with Gasteiger partial charge in [-0.2, -0.15) is 0 Å². The summed E-state index contributed by atoms with van der Waals surface area (Å²) in [6.45, 7) is 0. The summed E-state index contributed by atoms with van der Waals surface area (Å²) in [4.78, 5) is 11.5. The summed E-state index contributed by atoms with van der Waals surface area (Å²) < 4.78 is 6.10. The van der Waals surface area contributed by atoms with E-state index >= 15 is 0 Å². The highest BCUT2D eigenvalue weighted by Gasteiger charge is 2.15. The van der Waals surface area contributed by atoms with Gasteiger partial charge in [0.1, 0.15) is 9.67 Å². The minimum Gasteiger partial charge on any atom is -0.426 e. The van der Waals surface area contributed by atoms with Crippen molar-refractivity contribution >= 4 is 51.2 Å². The Hall–Kier alpha value is 0.150. The van der Waals surface area contributed by atoms with Crippen LogP contribution in [0.15, 0.2) is 30.3 Å². The Morgan fingerprint density at radius 3 is 2.57 bits per heavy atom. The Labute approximate surface area is 111 Å². The van der Waals surface area contributed by atoms with Crippen LogP contribution in [-0.2, 0) is 4.79 Å². The van der Waals surface area contributed by atoms with Gasteiger partial charge in [0.2, 0.25) is 0 Å². The second-order valence-electron chi connectivity index (χ2n) is 2.68. The largest absolute Gasteiger partial charge is 0.426 e. The predicted molar refractivity (Wildman–Crippen MR) is 73.4 cm³/mol. The first-order valence-electron chi connectivity index (χ1n) is 4.21. The molecule has 76 valence electrons. The molecule has 1 aromatic rings. The first-order chi connectivity index (χ1) is 6.74. The Balaban J connectivity index is 2.49. The van der Waals surface area contributed by atoms with E-state index in [1.165, 1.54) is 0 Å². The first kappa shape index (κ1) is 12.2. The van der Waals surface area contributed by atoms with Crippen molar-refractivity contribution in [1.82, 2.24) is 0 Å². The number of benzene rings is 1. The lowest BCUT2D eigenvalue weighted by molar-refractivity contribution is -0.133. The summed E-state index contributed by atoms with van der Waals surface area (Å²) >= 11 is 4.37. The molecule has 2 nitrogen and oxygen atoms in total. The van der Waals surface area contributed by atoms with Crippen LogP contribution in [-0.4, -0.2) is 14.3 Å². The summed E-state index contributed by atoms with van der Waals surface area (Å²) in [5.74, 6) is 0.459. The number of carbonyl (C=O) groups is 1. The molecule has 0 aliphatic rings. The molecule has 4 heteroatoms. The van der Waals surface area contributed by atoms with Gasteiger partial charge in [0.25, 0.3) is 0 Å². The Kier molecular flexibility index (Phi) is 5.76. The van der Waals surface area contributed by atoms with Crippen LogP contribution in [0.1, 0.15) is 6.42 Å². The zero-order valence-electron chi connectivity index (χ0n) is 7.45. The molecule has 0 heterocycles. The lowest BCUT2D eigenvalue weighted by Gasteiger charge is -2.07. The smallest absolute Gasteiger partial charge is 0.324 e. The number of alkyl halides is 2. The Morgan fingerprint density at radius 1 is 1.36 bits per heavy atom. The molecule has 0 aliphatic heterocycles. The van der Waals surface area contributed by atoms with E-state index < -0.39 is 0 Å². The molecule has 0 bridgehead atoms. The van der Waals surface area contributed by atoms with Crippen molar-refractivity contribution in [3.63, 3.8) is 0 Å². The van der Waals surface area contributed by atoms with Crippen molar-refractivity contribution in [2.24, 2.45) is 0 Å². The van der Waals surface area contributed by atoms with Gasteiger partial charge in [-0.15, -0.1) is 0 Å². The van der Waals surface area contributed by atoms with Crippen LogP contribution in [0.4, 0.5) is 0 Å². The molecular weight excluding hydrogens is 406 g/mol. The summed E-state index contributed by atoms with van der Waals surface area (Å²) in [5, 5.41) is 0. The van der Waals surface area contributed by atoms with Gasteiger partial charge in [-0.05, 0) is 18.6 Å². The van der Waals surface area contributed by atoms with Crippen molar-refractivity contribution in [2.45, 2.75) is 10.3 Å². The van der Waals surface area contributed by atoms with Gasteiger partial charge in [0, 0.05) is 4.43 Å². The second kappa shape index (κ2) is 6.60. The predicted octanol–water partition coefficient (Wildman–Crippen LogP) is 3.22. The fourth-order valence-electron chi connectivity index (χ4n) is 0.882. The Morgan fingerprint density at radius 2 is 2.00 bits per heavy atom. The van der Waals surface area contributed by atoms with E-state index in [1.807, 2.05) is 18.2 Å². The number of halogens is 2. The number of carbonyl (C=O) groups excluding carboxylic acids is 1. The van der Waals surface area contributed by atoms with E-state index in [0.29, 0.717) is 5.75 Å². The third kappa shape index (κ3) is 4.12. The molecule has 14 heavy (non-hydrogen) atoms. The fourth-order valence-corrected chi connectivity index (χ4v) is 3.14. The summed E-state index contributed by atoms with van der Waals surface area (Å²) in [6.07, 6.45) is 0.854. The maximum Gasteiger partial charge on any atom is 0.324 e. The second-order valence-corrected chi connectivity index (χ2v) is 5.26. The van der Waals surface area contributed by atoms with Crippen LogP contribution < -0.4 is 4.74 Å².